The van der Waals surface area contributed by atoms with E-state index in [0.29, 0.717) is 24.6 Å². The summed E-state index contributed by atoms with van der Waals surface area (Å²) in [6, 6.07) is 1.10. The Morgan fingerprint density at radius 2 is 2.17 bits per heavy atom. The molecule has 1 aliphatic carbocycles. The van der Waals surface area contributed by atoms with Gasteiger partial charge in [0, 0.05) is 12.6 Å². The van der Waals surface area contributed by atoms with E-state index in [1.54, 1.807) is 0 Å². The molecule has 2 unspecified atom stereocenters. The molecule has 0 amide bonds. The van der Waals surface area contributed by atoms with Crippen LogP contribution in [0, 0.1) is 5.92 Å². The summed E-state index contributed by atoms with van der Waals surface area (Å²) < 4.78 is 5.09. The van der Waals surface area contributed by atoms with E-state index in [1.165, 1.54) is 19.3 Å². The molecule has 2 fully saturated rings. The number of aliphatic hydroxyl groups excluding tert-OH is 1. The predicted molar refractivity (Wildman–Crippen MR) is 46.0 cm³/mol. The van der Waals surface area contributed by atoms with Gasteiger partial charge in [-0.05, 0) is 18.8 Å². The first kappa shape index (κ1) is 8.48. The van der Waals surface area contributed by atoms with E-state index in [0.717, 1.165) is 13.2 Å². The highest BCUT2D eigenvalue weighted by molar-refractivity contribution is 4.87. The lowest BCUT2D eigenvalue weighted by Gasteiger charge is -2.32. The van der Waals surface area contributed by atoms with Crippen LogP contribution >= 0.6 is 0 Å². The molecule has 70 valence electrons. The van der Waals surface area contributed by atoms with Crippen LogP contribution in [0.15, 0.2) is 0 Å². The smallest absolute Gasteiger partial charge is 0.0643 e. The van der Waals surface area contributed by atoms with Crippen LogP contribution in [0.4, 0.5) is 0 Å². The minimum absolute atomic E-state index is 0.339. The molecule has 0 aromatic rings. The van der Waals surface area contributed by atoms with Crippen LogP contribution in [0.25, 0.3) is 0 Å². The Hall–Kier alpha value is -0.120. The zero-order valence-electron chi connectivity index (χ0n) is 7.33. The molecule has 1 saturated carbocycles. The summed E-state index contributed by atoms with van der Waals surface area (Å²) in [4.78, 5) is 0. The van der Waals surface area contributed by atoms with Gasteiger partial charge < -0.3 is 15.2 Å². The van der Waals surface area contributed by atoms with Crippen molar-refractivity contribution in [2.45, 2.75) is 31.3 Å². The number of nitrogens with one attached hydrogen (secondary N) is 1. The molecule has 3 nitrogen and oxygen atoms in total. The zero-order valence-corrected chi connectivity index (χ0v) is 7.33. The van der Waals surface area contributed by atoms with Crippen molar-refractivity contribution in [3.63, 3.8) is 0 Å². The summed E-state index contributed by atoms with van der Waals surface area (Å²) in [5.74, 6) is 0.491. The van der Waals surface area contributed by atoms with Gasteiger partial charge in [0.2, 0.25) is 0 Å². The van der Waals surface area contributed by atoms with Gasteiger partial charge in [0.25, 0.3) is 0 Å². The molecule has 3 heteroatoms. The van der Waals surface area contributed by atoms with Gasteiger partial charge >= 0.3 is 0 Å². The average Bonchev–Trinajstić information content (AvgIpc) is 2.43. The zero-order chi connectivity index (χ0) is 8.39. The molecular formula is C9H17NO2. The number of rotatable bonds is 3. The molecule has 0 bridgehead atoms. The third kappa shape index (κ3) is 1.63. The first-order valence-corrected chi connectivity index (χ1v) is 4.85. The highest BCUT2D eigenvalue weighted by Crippen LogP contribution is 2.25. The van der Waals surface area contributed by atoms with E-state index in [-0.39, 0.29) is 0 Å². The Morgan fingerprint density at radius 1 is 1.33 bits per heavy atom. The monoisotopic (exact) mass is 171 g/mol. The van der Waals surface area contributed by atoms with Crippen LogP contribution in [0.3, 0.4) is 0 Å². The van der Waals surface area contributed by atoms with Crippen molar-refractivity contribution in [1.82, 2.24) is 5.32 Å². The lowest BCUT2D eigenvalue weighted by Crippen LogP contribution is -2.51. The van der Waals surface area contributed by atoms with Crippen molar-refractivity contribution in [2.75, 3.05) is 19.8 Å². The van der Waals surface area contributed by atoms with Crippen molar-refractivity contribution in [3.05, 3.63) is 0 Å². The van der Waals surface area contributed by atoms with Crippen LogP contribution in [-0.2, 0) is 4.74 Å². The minimum atomic E-state index is 0.339. The van der Waals surface area contributed by atoms with Gasteiger partial charge in [-0.2, -0.15) is 0 Å². The van der Waals surface area contributed by atoms with E-state index in [9.17, 15) is 0 Å². The van der Waals surface area contributed by atoms with E-state index < -0.39 is 0 Å². The largest absolute Gasteiger partial charge is 0.396 e. The predicted octanol–water partition coefficient (Wildman–Crippen LogP) is 0.136. The van der Waals surface area contributed by atoms with Crippen molar-refractivity contribution in [1.29, 1.82) is 0 Å². The second-order valence-corrected chi connectivity index (χ2v) is 3.88. The summed E-state index contributed by atoms with van der Waals surface area (Å²) in [6.07, 6.45) is 3.67. The lowest BCUT2D eigenvalue weighted by atomic mass is 10.0. The van der Waals surface area contributed by atoms with E-state index in [4.69, 9.17) is 9.84 Å². The summed E-state index contributed by atoms with van der Waals surface area (Å²) in [7, 11) is 0. The topological polar surface area (TPSA) is 41.5 Å². The summed E-state index contributed by atoms with van der Waals surface area (Å²) in [5.41, 5.74) is 0. The maximum Gasteiger partial charge on any atom is 0.0643 e. The van der Waals surface area contributed by atoms with Crippen LogP contribution in [-0.4, -0.2) is 37.0 Å². The molecule has 0 aromatic carbocycles. The molecule has 0 spiro atoms. The minimum Gasteiger partial charge on any atom is -0.396 e. The molecule has 1 aliphatic heterocycles. The fourth-order valence-corrected chi connectivity index (χ4v) is 2.11. The molecular weight excluding hydrogens is 154 g/mol. The Kier molecular flexibility index (Phi) is 2.63. The first-order valence-electron chi connectivity index (χ1n) is 4.85. The highest BCUT2D eigenvalue weighted by atomic mass is 16.5. The molecule has 1 saturated heterocycles. The Balaban J connectivity index is 1.77. The SMILES string of the molecule is OCC1CCCC1NC1COC1. The van der Waals surface area contributed by atoms with E-state index in [2.05, 4.69) is 5.32 Å². The maximum absolute atomic E-state index is 9.07. The second kappa shape index (κ2) is 3.73. The number of hydrogen-bond acceptors (Lipinski definition) is 3. The summed E-state index contributed by atoms with van der Waals surface area (Å²) in [6.45, 7) is 2.05. The molecule has 1 heterocycles. The van der Waals surface area contributed by atoms with Crippen molar-refractivity contribution >= 4 is 0 Å². The molecule has 2 rings (SSSR count). The van der Waals surface area contributed by atoms with Gasteiger partial charge in [0.15, 0.2) is 0 Å². The fourth-order valence-electron chi connectivity index (χ4n) is 2.11. The quantitative estimate of drug-likeness (QED) is 0.634. The molecule has 0 aromatic heterocycles. The lowest BCUT2D eigenvalue weighted by molar-refractivity contribution is -0.0133. The van der Waals surface area contributed by atoms with E-state index in [1.807, 2.05) is 0 Å². The van der Waals surface area contributed by atoms with Crippen molar-refractivity contribution in [3.8, 4) is 0 Å². The Bertz CT molecular complexity index is 147. The van der Waals surface area contributed by atoms with Crippen LogP contribution in [0.2, 0.25) is 0 Å². The van der Waals surface area contributed by atoms with Crippen molar-refractivity contribution in [2.24, 2.45) is 5.92 Å². The summed E-state index contributed by atoms with van der Waals surface area (Å²) in [5, 5.41) is 12.6. The van der Waals surface area contributed by atoms with Gasteiger partial charge in [0.05, 0.1) is 19.3 Å². The van der Waals surface area contributed by atoms with E-state index >= 15 is 0 Å². The van der Waals surface area contributed by atoms with Gasteiger partial charge in [-0.15, -0.1) is 0 Å². The average molecular weight is 171 g/mol. The molecule has 2 N–H and O–H groups in total. The number of ether oxygens (including phenoxy) is 1. The molecule has 0 radical (unpaired) electrons. The van der Waals surface area contributed by atoms with Gasteiger partial charge in [0.1, 0.15) is 0 Å². The van der Waals surface area contributed by atoms with Crippen LogP contribution in [0.1, 0.15) is 19.3 Å². The van der Waals surface area contributed by atoms with Gasteiger partial charge in [-0.1, -0.05) is 6.42 Å². The molecule has 12 heavy (non-hydrogen) atoms. The number of hydrogen-bond donors (Lipinski definition) is 2. The third-order valence-corrected chi connectivity index (χ3v) is 2.98. The maximum atomic E-state index is 9.07. The van der Waals surface area contributed by atoms with Crippen molar-refractivity contribution < 1.29 is 9.84 Å². The first-order chi connectivity index (χ1) is 5.90. The Labute approximate surface area is 73.1 Å². The highest BCUT2D eigenvalue weighted by Gasteiger charge is 2.30. The summed E-state index contributed by atoms with van der Waals surface area (Å²) >= 11 is 0. The number of aliphatic hydroxyl groups is 1. The normalized spacial score (nSPS) is 36.8. The fraction of sp³-hybridized carbons (Fsp3) is 1.00. The van der Waals surface area contributed by atoms with Gasteiger partial charge in [-0.25, -0.2) is 0 Å². The molecule has 2 atom stereocenters. The molecule has 2 aliphatic rings. The van der Waals surface area contributed by atoms with Crippen LogP contribution < -0.4 is 5.32 Å². The standard InChI is InChI=1S/C9H17NO2/c11-4-7-2-1-3-9(7)10-8-5-12-6-8/h7-11H,1-6H2. The van der Waals surface area contributed by atoms with Crippen LogP contribution in [0.5, 0.6) is 0 Å². The third-order valence-electron chi connectivity index (χ3n) is 2.98. The second-order valence-electron chi connectivity index (χ2n) is 3.88. The Morgan fingerprint density at radius 3 is 2.75 bits per heavy atom. The van der Waals surface area contributed by atoms with Gasteiger partial charge in [-0.3, -0.25) is 0 Å².